The molecule has 0 aliphatic heterocycles. The second-order valence-corrected chi connectivity index (χ2v) is 6.74. The van der Waals surface area contributed by atoms with Gasteiger partial charge in [-0.2, -0.15) is 9.97 Å². The van der Waals surface area contributed by atoms with Crippen molar-refractivity contribution < 1.29 is 9.47 Å². The largest absolute Gasteiger partial charge is 0.435 e. The summed E-state index contributed by atoms with van der Waals surface area (Å²) in [6.07, 6.45) is 7.09. The first-order chi connectivity index (χ1) is 13.5. The van der Waals surface area contributed by atoms with Crippen LogP contribution in [-0.2, 0) is 6.42 Å². The summed E-state index contributed by atoms with van der Waals surface area (Å²) in [4.78, 5) is 28.7. The highest BCUT2D eigenvalue weighted by Gasteiger charge is 2.19. The molecule has 0 fully saturated rings. The third kappa shape index (κ3) is 3.63. The lowest BCUT2D eigenvalue weighted by Gasteiger charge is -2.08. The van der Waals surface area contributed by atoms with Crippen LogP contribution in [0.4, 0.5) is 0 Å². The number of aromatic nitrogens is 7. The number of nitrogens with one attached hydrogen (secondary N) is 1. The lowest BCUT2D eigenvalue weighted by atomic mass is 10.3. The fourth-order valence-electron chi connectivity index (χ4n) is 2.50. The van der Waals surface area contributed by atoms with Crippen LogP contribution >= 0.6 is 15.9 Å². The highest BCUT2D eigenvalue weighted by molar-refractivity contribution is 9.10. The van der Waals surface area contributed by atoms with E-state index in [1.807, 2.05) is 6.92 Å². The molecule has 0 aliphatic carbocycles. The third-order valence-corrected chi connectivity index (χ3v) is 4.78. The van der Waals surface area contributed by atoms with Gasteiger partial charge in [-0.3, -0.25) is 0 Å². The predicted octanol–water partition coefficient (Wildman–Crippen LogP) is 4.06. The Morgan fingerprint density at radius 3 is 2.04 bits per heavy atom. The molecule has 28 heavy (non-hydrogen) atoms. The molecule has 0 amide bonds. The van der Waals surface area contributed by atoms with E-state index in [9.17, 15) is 0 Å². The normalized spacial score (nSPS) is 11.0. The highest BCUT2D eigenvalue weighted by Crippen LogP contribution is 2.37. The van der Waals surface area contributed by atoms with Crippen LogP contribution in [0, 0.1) is 13.8 Å². The van der Waals surface area contributed by atoms with Gasteiger partial charge in [0.05, 0.1) is 34.6 Å². The number of rotatable bonds is 5. The zero-order valence-electron chi connectivity index (χ0n) is 15.4. The van der Waals surface area contributed by atoms with Crippen molar-refractivity contribution in [2.75, 3.05) is 0 Å². The molecule has 4 aromatic rings. The fraction of sp³-hybridized carbons (Fsp3) is 0.222. The van der Waals surface area contributed by atoms with E-state index in [4.69, 9.17) is 9.47 Å². The number of aromatic amines is 1. The lowest BCUT2D eigenvalue weighted by molar-refractivity contribution is 0.412. The van der Waals surface area contributed by atoms with Crippen LogP contribution in [0.25, 0.3) is 11.0 Å². The van der Waals surface area contributed by atoms with Gasteiger partial charge in [0.1, 0.15) is 17.3 Å². The SMILES string of the molecule is CCc1[nH]c2nc(Oc3cnc(C)nc3)nc(Oc3cnc(C)nc3)c2c1Br. The quantitative estimate of drug-likeness (QED) is 0.493. The summed E-state index contributed by atoms with van der Waals surface area (Å²) in [5.74, 6) is 2.51. The van der Waals surface area contributed by atoms with Gasteiger partial charge in [0.2, 0.25) is 5.88 Å². The molecule has 4 aromatic heterocycles. The van der Waals surface area contributed by atoms with Crippen molar-refractivity contribution in [3.05, 3.63) is 46.6 Å². The zero-order chi connectivity index (χ0) is 19.7. The van der Waals surface area contributed by atoms with E-state index >= 15 is 0 Å². The number of aryl methyl sites for hydroxylation is 3. The van der Waals surface area contributed by atoms with Crippen LogP contribution in [-0.4, -0.2) is 34.9 Å². The monoisotopic (exact) mass is 441 g/mol. The Balaban J connectivity index is 1.78. The summed E-state index contributed by atoms with van der Waals surface area (Å²) in [6.45, 7) is 5.64. The molecule has 9 nitrogen and oxygen atoms in total. The van der Waals surface area contributed by atoms with E-state index in [1.165, 1.54) is 0 Å². The van der Waals surface area contributed by atoms with E-state index in [1.54, 1.807) is 38.6 Å². The van der Waals surface area contributed by atoms with E-state index in [-0.39, 0.29) is 6.01 Å². The van der Waals surface area contributed by atoms with Crippen LogP contribution in [0.15, 0.2) is 29.3 Å². The second kappa shape index (κ2) is 7.47. The van der Waals surface area contributed by atoms with Gasteiger partial charge in [-0.05, 0) is 36.2 Å². The number of fused-ring (bicyclic) bond motifs is 1. The molecular formula is C18H16BrN7O2. The molecule has 0 saturated carbocycles. The van der Waals surface area contributed by atoms with Crippen LogP contribution in [0.5, 0.6) is 23.4 Å². The molecule has 10 heteroatoms. The first kappa shape index (κ1) is 18.2. The van der Waals surface area contributed by atoms with Gasteiger partial charge in [-0.1, -0.05) is 6.92 Å². The van der Waals surface area contributed by atoms with Crippen LogP contribution in [0.2, 0.25) is 0 Å². The Morgan fingerprint density at radius 2 is 1.46 bits per heavy atom. The molecule has 0 bridgehead atoms. The van der Waals surface area contributed by atoms with Crippen LogP contribution in [0.3, 0.4) is 0 Å². The van der Waals surface area contributed by atoms with Crippen molar-refractivity contribution in [2.24, 2.45) is 0 Å². The molecule has 4 rings (SSSR count). The molecule has 0 aromatic carbocycles. The van der Waals surface area contributed by atoms with Crippen molar-refractivity contribution >= 4 is 27.0 Å². The maximum atomic E-state index is 5.95. The molecule has 0 atom stereocenters. The van der Waals surface area contributed by atoms with Crippen LogP contribution < -0.4 is 9.47 Å². The van der Waals surface area contributed by atoms with Crippen molar-refractivity contribution in [1.82, 2.24) is 34.9 Å². The van der Waals surface area contributed by atoms with E-state index < -0.39 is 0 Å². The number of hydrogen-bond donors (Lipinski definition) is 1. The van der Waals surface area contributed by atoms with Gasteiger partial charge in [-0.25, -0.2) is 19.9 Å². The van der Waals surface area contributed by atoms with Crippen LogP contribution in [0.1, 0.15) is 24.3 Å². The van der Waals surface area contributed by atoms with Crippen molar-refractivity contribution in [2.45, 2.75) is 27.2 Å². The Kier molecular flexibility index (Phi) is 4.86. The minimum absolute atomic E-state index is 0.111. The summed E-state index contributed by atoms with van der Waals surface area (Å²) in [7, 11) is 0. The average Bonchev–Trinajstić information content (AvgIpc) is 3.01. The Hall–Kier alpha value is -3.14. The molecule has 1 N–H and O–H groups in total. The van der Waals surface area contributed by atoms with Crippen molar-refractivity contribution in [1.29, 1.82) is 0 Å². The van der Waals surface area contributed by atoms with Gasteiger partial charge in [0.25, 0.3) is 0 Å². The number of ether oxygens (including phenoxy) is 2. The van der Waals surface area contributed by atoms with Crippen molar-refractivity contribution in [3.8, 4) is 23.4 Å². The van der Waals surface area contributed by atoms with Gasteiger partial charge < -0.3 is 14.5 Å². The van der Waals surface area contributed by atoms with E-state index in [0.29, 0.717) is 40.1 Å². The summed E-state index contributed by atoms with van der Waals surface area (Å²) >= 11 is 3.60. The average molecular weight is 442 g/mol. The Morgan fingerprint density at radius 1 is 0.893 bits per heavy atom. The molecule has 0 spiro atoms. The smallest absolute Gasteiger partial charge is 0.327 e. The van der Waals surface area contributed by atoms with Gasteiger partial charge in [-0.15, -0.1) is 0 Å². The zero-order valence-corrected chi connectivity index (χ0v) is 17.0. The maximum Gasteiger partial charge on any atom is 0.327 e. The lowest BCUT2D eigenvalue weighted by Crippen LogP contribution is -1.98. The number of nitrogens with zero attached hydrogens (tertiary/aromatic N) is 6. The summed E-state index contributed by atoms with van der Waals surface area (Å²) in [6, 6.07) is 0.111. The second-order valence-electron chi connectivity index (χ2n) is 5.94. The third-order valence-electron chi connectivity index (χ3n) is 3.90. The molecule has 0 unspecified atom stereocenters. The summed E-state index contributed by atoms with van der Waals surface area (Å²) in [5, 5.41) is 0.713. The Labute approximate surface area is 168 Å². The first-order valence-corrected chi connectivity index (χ1v) is 9.34. The van der Waals surface area contributed by atoms with E-state index in [0.717, 1.165) is 16.6 Å². The molecule has 4 heterocycles. The van der Waals surface area contributed by atoms with Gasteiger partial charge in [0, 0.05) is 5.69 Å². The minimum atomic E-state index is 0.111. The van der Waals surface area contributed by atoms with Crippen molar-refractivity contribution in [3.63, 3.8) is 0 Å². The highest BCUT2D eigenvalue weighted by atomic mass is 79.9. The standard InChI is InChI=1S/C18H16BrN7O2/c1-4-13-15(19)14-16(24-13)25-18(28-12-7-22-10(3)23-8-12)26-17(14)27-11-5-20-9(2)21-6-11/h5-8H,4H2,1-3H3,(H,24,25,26). The minimum Gasteiger partial charge on any atom is -0.435 e. The number of H-pyrrole nitrogens is 1. The van der Waals surface area contributed by atoms with Gasteiger partial charge >= 0.3 is 6.01 Å². The first-order valence-electron chi connectivity index (χ1n) is 8.54. The molecule has 0 aliphatic rings. The summed E-state index contributed by atoms with van der Waals surface area (Å²) in [5.41, 5.74) is 1.56. The topological polar surface area (TPSA) is 112 Å². The fourth-order valence-corrected chi connectivity index (χ4v) is 3.24. The Bertz CT molecular complexity index is 1130. The molecule has 0 radical (unpaired) electrons. The molecular weight excluding hydrogens is 426 g/mol. The molecule has 142 valence electrons. The maximum absolute atomic E-state index is 5.95. The number of hydrogen-bond acceptors (Lipinski definition) is 8. The summed E-state index contributed by atoms with van der Waals surface area (Å²) < 4.78 is 12.5. The number of halogens is 1. The van der Waals surface area contributed by atoms with E-state index in [2.05, 4.69) is 50.8 Å². The molecule has 0 saturated heterocycles. The van der Waals surface area contributed by atoms with Gasteiger partial charge in [0.15, 0.2) is 11.5 Å². The predicted molar refractivity (Wildman–Crippen MR) is 105 cm³/mol.